The van der Waals surface area contributed by atoms with Gasteiger partial charge in [-0.3, -0.25) is 0 Å². The predicted molar refractivity (Wildman–Crippen MR) is 96.2 cm³/mol. The summed E-state index contributed by atoms with van der Waals surface area (Å²) in [6.45, 7) is 5.77. The lowest BCUT2D eigenvalue weighted by Crippen LogP contribution is -2.59. The fourth-order valence-corrected chi connectivity index (χ4v) is 3.82. The SMILES string of the molecule is CCCC1(c2cccc(OC)c2)CN(CCc2ccccc2)C1. The summed E-state index contributed by atoms with van der Waals surface area (Å²) in [4.78, 5) is 2.59. The number of methoxy groups -OCH3 is 1. The number of nitrogens with zero attached hydrogens (tertiary/aromatic N) is 1. The summed E-state index contributed by atoms with van der Waals surface area (Å²) in [7, 11) is 1.75. The molecule has 0 aliphatic carbocycles. The van der Waals surface area contributed by atoms with Crippen LogP contribution in [0, 0.1) is 0 Å². The third-order valence-corrected chi connectivity index (χ3v) is 5.02. The van der Waals surface area contributed by atoms with Gasteiger partial charge in [0.15, 0.2) is 0 Å². The van der Waals surface area contributed by atoms with Crippen molar-refractivity contribution in [2.45, 2.75) is 31.6 Å². The Morgan fingerprint density at radius 2 is 1.83 bits per heavy atom. The van der Waals surface area contributed by atoms with Crippen molar-refractivity contribution in [2.75, 3.05) is 26.7 Å². The van der Waals surface area contributed by atoms with Crippen molar-refractivity contribution >= 4 is 0 Å². The third-order valence-electron chi connectivity index (χ3n) is 5.02. The van der Waals surface area contributed by atoms with E-state index in [1.165, 1.54) is 37.1 Å². The van der Waals surface area contributed by atoms with Crippen LogP contribution in [-0.2, 0) is 11.8 Å². The maximum absolute atomic E-state index is 5.42. The van der Waals surface area contributed by atoms with E-state index in [1.807, 2.05) is 6.07 Å². The first-order valence-corrected chi connectivity index (χ1v) is 8.66. The highest BCUT2D eigenvalue weighted by Crippen LogP contribution is 2.39. The van der Waals surface area contributed by atoms with Gasteiger partial charge in [-0.1, -0.05) is 55.8 Å². The van der Waals surface area contributed by atoms with Crippen molar-refractivity contribution in [1.29, 1.82) is 0 Å². The van der Waals surface area contributed by atoms with E-state index in [9.17, 15) is 0 Å². The van der Waals surface area contributed by atoms with Crippen LogP contribution in [0.5, 0.6) is 5.75 Å². The van der Waals surface area contributed by atoms with Crippen LogP contribution in [0.2, 0.25) is 0 Å². The zero-order valence-electron chi connectivity index (χ0n) is 14.3. The number of likely N-dealkylation sites (tertiary alicyclic amines) is 1. The highest BCUT2D eigenvalue weighted by atomic mass is 16.5. The largest absolute Gasteiger partial charge is 0.497 e. The van der Waals surface area contributed by atoms with Gasteiger partial charge in [-0.15, -0.1) is 0 Å². The van der Waals surface area contributed by atoms with Crippen LogP contribution < -0.4 is 4.74 Å². The molecule has 0 amide bonds. The number of ether oxygens (including phenoxy) is 1. The molecule has 0 saturated carbocycles. The van der Waals surface area contributed by atoms with Crippen LogP contribution in [0.4, 0.5) is 0 Å². The van der Waals surface area contributed by atoms with Crippen molar-refractivity contribution in [2.24, 2.45) is 0 Å². The van der Waals surface area contributed by atoms with E-state index in [0.717, 1.165) is 18.7 Å². The molecule has 23 heavy (non-hydrogen) atoms. The molecule has 0 unspecified atom stereocenters. The summed E-state index contributed by atoms with van der Waals surface area (Å²) < 4.78 is 5.42. The van der Waals surface area contributed by atoms with Gasteiger partial charge in [0.05, 0.1) is 7.11 Å². The molecule has 1 saturated heterocycles. The minimum atomic E-state index is 0.319. The van der Waals surface area contributed by atoms with E-state index in [1.54, 1.807) is 7.11 Å². The highest BCUT2D eigenvalue weighted by molar-refractivity contribution is 5.36. The molecule has 1 aliphatic rings. The molecule has 0 aromatic heterocycles. The lowest BCUT2D eigenvalue weighted by molar-refractivity contribution is 0.0584. The summed E-state index contributed by atoms with van der Waals surface area (Å²) in [5.41, 5.74) is 3.19. The van der Waals surface area contributed by atoms with Gasteiger partial charge in [-0.2, -0.15) is 0 Å². The van der Waals surface area contributed by atoms with E-state index < -0.39 is 0 Å². The van der Waals surface area contributed by atoms with Gasteiger partial charge in [0, 0.05) is 25.0 Å². The Bertz CT molecular complexity index is 617. The number of rotatable bonds is 7. The highest BCUT2D eigenvalue weighted by Gasteiger charge is 2.43. The van der Waals surface area contributed by atoms with Crippen molar-refractivity contribution < 1.29 is 4.74 Å². The monoisotopic (exact) mass is 309 g/mol. The first-order chi connectivity index (χ1) is 11.3. The fourth-order valence-electron chi connectivity index (χ4n) is 3.82. The minimum absolute atomic E-state index is 0.319. The molecule has 2 aromatic carbocycles. The number of hydrogen-bond acceptors (Lipinski definition) is 2. The Balaban J connectivity index is 1.63. The average Bonchev–Trinajstić information content (AvgIpc) is 2.57. The quantitative estimate of drug-likeness (QED) is 0.756. The van der Waals surface area contributed by atoms with Gasteiger partial charge < -0.3 is 9.64 Å². The molecule has 1 aliphatic heterocycles. The summed E-state index contributed by atoms with van der Waals surface area (Å²) in [6.07, 6.45) is 3.62. The Kier molecular flexibility index (Phi) is 5.02. The van der Waals surface area contributed by atoms with Gasteiger partial charge in [0.2, 0.25) is 0 Å². The molecule has 122 valence electrons. The second-order valence-electron chi connectivity index (χ2n) is 6.71. The normalized spacial score (nSPS) is 16.8. The van der Waals surface area contributed by atoms with Crippen molar-refractivity contribution in [3.05, 3.63) is 65.7 Å². The lowest BCUT2D eigenvalue weighted by Gasteiger charge is -2.51. The molecule has 0 bridgehead atoms. The molecule has 0 N–H and O–H groups in total. The van der Waals surface area contributed by atoms with E-state index in [-0.39, 0.29) is 0 Å². The van der Waals surface area contributed by atoms with Crippen LogP contribution in [0.25, 0.3) is 0 Å². The van der Waals surface area contributed by atoms with Crippen LogP contribution in [0.3, 0.4) is 0 Å². The van der Waals surface area contributed by atoms with Crippen LogP contribution in [0.1, 0.15) is 30.9 Å². The second kappa shape index (κ2) is 7.18. The Morgan fingerprint density at radius 1 is 1.04 bits per heavy atom. The summed E-state index contributed by atoms with van der Waals surface area (Å²) in [6, 6.07) is 19.4. The molecule has 3 rings (SSSR count). The number of benzene rings is 2. The summed E-state index contributed by atoms with van der Waals surface area (Å²) >= 11 is 0. The van der Waals surface area contributed by atoms with Crippen molar-refractivity contribution in [3.63, 3.8) is 0 Å². The Morgan fingerprint density at radius 3 is 2.52 bits per heavy atom. The Hall–Kier alpha value is -1.80. The molecule has 1 fully saturated rings. The van der Waals surface area contributed by atoms with Crippen molar-refractivity contribution in [3.8, 4) is 5.75 Å². The van der Waals surface area contributed by atoms with E-state index in [4.69, 9.17) is 4.74 Å². The molecule has 0 atom stereocenters. The van der Waals surface area contributed by atoms with E-state index >= 15 is 0 Å². The van der Waals surface area contributed by atoms with Gasteiger partial charge in [-0.05, 0) is 36.1 Å². The molecule has 0 spiro atoms. The minimum Gasteiger partial charge on any atom is -0.497 e. The fraction of sp³-hybridized carbons (Fsp3) is 0.429. The number of hydrogen-bond donors (Lipinski definition) is 0. The lowest BCUT2D eigenvalue weighted by atomic mass is 9.70. The zero-order chi connectivity index (χ0) is 16.1. The van der Waals surface area contributed by atoms with Gasteiger partial charge in [0.1, 0.15) is 5.75 Å². The van der Waals surface area contributed by atoms with Gasteiger partial charge >= 0.3 is 0 Å². The smallest absolute Gasteiger partial charge is 0.119 e. The second-order valence-corrected chi connectivity index (χ2v) is 6.71. The standard InChI is InChI=1S/C21H27NO/c1-3-13-21(19-10-7-11-20(15-19)23-2)16-22(17-21)14-12-18-8-5-4-6-9-18/h4-11,15H,3,12-14,16-17H2,1-2H3. The molecule has 2 nitrogen and oxygen atoms in total. The van der Waals surface area contributed by atoms with Crippen molar-refractivity contribution in [1.82, 2.24) is 4.90 Å². The molecular formula is C21H27NO. The van der Waals surface area contributed by atoms with Gasteiger partial charge in [0.25, 0.3) is 0 Å². The summed E-state index contributed by atoms with van der Waals surface area (Å²) in [5, 5.41) is 0. The van der Waals surface area contributed by atoms with E-state index in [0.29, 0.717) is 5.41 Å². The predicted octanol–water partition coefficient (Wildman–Crippen LogP) is 4.29. The molecule has 2 heteroatoms. The topological polar surface area (TPSA) is 12.5 Å². The Labute approximate surface area is 140 Å². The first kappa shape index (κ1) is 16.1. The maximum Gasteiger partial charge on any atom is 0.119 e. The molecule has 0 radical (unpaired) electrons. The average molecular weight is 309 g/mol. The van der Waals surface area contributed by atoms with E-state index in [2.05, 4.69) is 60.4 Å². The third kappa shape index (κ3) is 3.59. The van der Waals surface area contributed by atoms with Crippen LogP contribution >= 0.6 is 0 Å². The molecule has 2 aromatic rings. The molecule has 1 heterocycles. The van der Waals surface area contributed by atoms with Crippen LogP contribution in [0.15, 0.2) is 54.6 Å². The van der Waals surface area contributed by atoms with Gasteiger partial charge in [-0.25, -0.2) is 0 Å². The first-order valence-electron chi connectivity index (χ1n) is 8.66. The molecular weight excluding hydrogens is 282 g/mol. The zero-order valence-corrected chi connectivity index (χ0v) is 14.3. The maximum atomic E-state index is 5.42. The van der Waals surface area contributed by atoms with Crippen LogP contribution in [-0.4, -0.2) is 31.6 Å². The summed E-state index contributed by atoms with van der Waals surface area (Å²) in [5.74, 6) is 0.973.